The Kier molecular flexibility index (Phi) is 4.66. The van der Waals surface area contributed by atoms with Gasteiger partial charge in [-0.3, -0.25) is 4.79 Å². The van der Waals surface area contributed by atoms with Gasteiger partial charge in [0, 0.05) is 0 Å². The molecule has 5 heteroatoms. The third-order valence-corrected chi connectivity index (χ3v) is 2.67. The number of carbonyl (C=O) groups is 2. The fourth-order valence-corrected chi connectivity index (χ4v) is 1.65. The molecule has 1 aromatic carbocycles. The average molecular weight is 237 g/mol. The van der Waals surface area contributed by atoms with Crippen molar-refractivity contribution in [1.29, 1.82) is 0 Å². The Bertz CT molecular complexity index is 399. The molecule has 0 amide bonds. The van der Waals surface area contributed by atoms with Gasteiger partial charge in [0.15, 0.2) is 0 Å². The topological polar surface area (TPSA) is 89.6 Å². The molecule has 0 spiro atoms. The third-order valence-electron chi connectivity index (χ3n) is 2.67. The van der Waals surface area contributed by atoms with E-state index in [4.69, 9.17) is 11.0 Å². The van der Waals surface area contributed by atoms with Gasteiger partial charge in [-0.2, -0.15) is 5.90 Å². The van der Waals surface area contributed by atoms with Gasteiger partial charge >= 0.3 is 11.9 Å². The van der Waals surface area contributed by atoms with E-state index in [1.54, 1.807) is 12.1 Å². The lowest BCUT2D eigenvalue weighted by atomic mass is 9.92. The summed E-state index contributed by atoms with van der Waals surface area (Å²) in [6.45, 7) is 1.94. The summed E-state index contributed by atoms with van der Waals surface area (Å²) in [5.74, 6) is 3.34. The Balaban J connectivity index is 2.82. The van der Waals surface area contributed by atoms with E-state index in [-0.39, 0.29) is 17.9 Å². The lowest BCUT2D eigenvalue weighted by Gasteiger charge is -2.13. The summed E-state index contributed by atoms with van der Waals surface area (Å²) in [6.07, 6.45) is 0.945. The number of carboxylic acid groups (broad SMARTS) is 1. The number of hydrogen-bond acceptors (Lipinski definition) is 4. The zero-order valence-corrected chi connectivity index (χ0v) is 9.55. The molecule has 0 saturated carbocycles. The van der Waals surface area contributed by atoms with Gasteiger partial charge < -0.3 is 9.94 Å². The van der Waals surface area contributed by atoms with Crippen LogP contribution in [0.2, 0.25) is 0 Å². The Labute approximate surface area is 99.1 Å². The highest BCUT2D eigenvalue weighted by molar-refractivity contribution is 5.87. The zero-order chi connectivity index (χ0) is 12.8. The molecule has 1 unspecified atom stereocenters. The second kappa shape index (κ2) is 6.00. The maximum absolute atomic E-state index is 11.1. The highest BCUT2D eigenvalue weighted by Crippen LogP contribution is 2.23. The predicted octanol–water partition coefficient (Wildman–Crippen LogP) is 1.69. The number of aromatic carboxylic acids is 1. The van der Waals surface area contributed by atoms with E-state index in [0.29, 0.717) is 0 Å². The quantitative estimate of drug-likeness (QED) is 0.760. The van der Waals surface area contributed by atoms with Gasteiger partial charge in [-0.1, -0.05) is 19.1 Å². The Hall–Kier alpha value is -1.88. The van der Waals surface area contributed by atoms with Crippen LogP contribution in [0.15, 0.2) is 24.3 Å². The van der Waals surface area contributed by atoms with Crippen molar-refractivity contribution < 1.29 is 19.5 Å². The zero-order valence-electron chi connectivity index (χ0n) is 9.55. The molecule has 0 heterocycles. The minimum atomic E-state index is -0.967. The summed E-state index contributed by atoms with van der Waals surface area (Å²) in [5, 5.41) is 8.76. The largest absolute Gasteiger partial charge is 0.478 e. The van der Waals surface area contributed by atoms with Gasteiger partial charge in [0.25, 0.3) is 0 Å². The van der Waals surface area contributed by atoms with Crippen molar-refractivity contribution in [1.82, 2.24) is 0 Å². The molecule has 5 nitrogen and oxygen atoms in total. The molecule has 0 aromatic heterocycles. The van der Waals surface area contributed by atoms with Gasteiger partial charge in [-0.25, -0.2) is 4.79 Å². The molecule has 1 atom stereocenters. The standard InChI is InChI=1S/C12H15NO4/c1-2-8(7-11(14)17-13)9-3-5-10(6-4-9)12(15)16/h3-6,8H,2,7,13H2,1H3,(H,15,16). The average Bonchev–Trinajstić information content (AvgIpc) is 2.35. The van der Waals surface area contributed by atoms with E-state index in [1.165, 1.54) is 12.1 Å². The second-order valence-corrected chi connectivity index (χ2v) is 3.73. The SMILES string of the molecule is CCC(CC(=O)ON)c1ccc(C(=O)O)cc1. The molecule has 0 radical (unpaired) electrons. The Morgan fingerprint density at radius 2 is 1.94 bits per heavy atom. The van der Waals surface area contributed by atoms with E-state index < -0.39 is 11.9 Å². The molecule has 0 aliphatic rings. The number of hydrogen-bond donors (Lipinski definition) is 2. The smallest absolute Gasteiger partial charge is 0.335 e. The molecule has 1 rings (SSSR count). The van der Waals surface area contributed by atoms with Gasteiger partial charge in [-0.15, -0.1) is 0 Å². The molecule has 3 N–H and O–H groups in total. The van der Waals surface area contributed by atoms with E-state index >= 15 is 0 Å². The van der Waals surface area contributed by atoms with Crippen LogP contribution in [0.4, 0.5) is 0 Å². The Morgan fingerprint density at radius 3 is 2.35 bits per heavy atom. The third kappa shape index (κ3) is 3.57. The van der Waals surface area contributed by atoms with Crippen molar-refractivity contribution in [2.45, 2.75) is 25.7 Å². The van der Waals surface area contributed by atoms with Crippen LogP contribution >= 0.6 is 0 Å². The normalized spacial score (nSPS) is 11.9. The summed E-state index contributed by atoms with van der Waals surface area (Å²) in [7, 11) is 0. The van der Waals surface area contributed by atoms with Crippen molar-refractivity contribution in [3.63, 3.8) is 0 Å². The van der Waals surface area contributed by atoms with E-state index in [0.717, 1.165) is 12.0 Å². The van der Waals surface area contributed by atoms with E-state index in [1.807, 2.05) is 6.92 Å². The van der Waals surface area contributed by atoms with Crippen LogP contribution in [-0.4, -0.2) is 17.0 Å². The maximum Gasteiger partial charge on any atom is 0.335 e. The van der Waals surface area contributed by atoms with Crippen LogP contribution in [0.3, 0.4) is 0 Å². The summed E-state index contributed by atoms with van der Waals surface area (Å²) >= 11 is 0. The summed E-state index contributed by atoms with van der Waals surface area (Å²) in [4.78, 5) is 25.9. The molecule has 0 saturated heterocycles. The minimum Gasteiger partial charge on any atom is -0.478 e. The number of benzene rings is 1. The minimum absolute atomic E-state index is 0.00565. The van der Waals surface area contributed by atoms with Crippen molar-refractivity contribution in [2.24, 2.45) is 5.90 Å². The van der Waals surface area contributed by atoms with Crippen LogP contribution in [-0.2, 0) is 9.63 Å². The molecule has 1 aromatic rings. The lowest BCUT2D eigenvalue weighted by molar-refractivity contribution is -0.144. The maximum atomic E-state index is 11.1. The Morgan fingerprint density at radius 1 is 1.35 bits per heavy atom. The van der Waals surface area contributed by atoms with Crippen molar-refractivity contribution >= 4 is 11.9 Å². The van der Waals surface area contributed by atoms with E-state index in [9.17, 15) is 9.59 Å². The van der Waals surface area contributed by atoms with E-state index in [2.05, 4.69) is 4.84 Å². The summed E-state index contributed by atoms with van der Waals surface area (Å²) in [5.41, 5.74) is 1.13. The molecular weight excluding hydrogens is 222 g/mol. The highest BCUT2D eigenvalue weighted by atomic mass is 16.7. The molecule has 0 bridgehead atoms. The van der Waals surface area contributed by atoms with Gasteiger partial charge in [0.1, 0.15) is 0 Å². The van der Waals surface area contributed by atoms with Crippen LogP contribution < -0.4 is 5.90 Å². The fourth-order valence-electron chi connectivity index (χ4n) is 1.65. The van der Waals surface area contributed by atoms with Crippen LogP contribution in [0.5, 0.6) is 0 Å². The first kappa shape index (κ1) is 13.2. The number of carboxylic acids is 1. The lowest BCUT2D eigenvalue weighted by Crippen LogP contribution is -2.13. The van der Waals surface area contributed by atoms with Gasteiger partial charge in [-0.05, 0) is 30.0 Å². The first-order chi connectivity index (χ1) is 8.08. The van der Waals surface area contributed by atoms with Crippen molar-refractivity contribution in [3.05, 3.63) is 35.4 Å². The number of rotatable bonds is 5. The predicted molar refractivity (Wildman–Crippen MR) is 61.3 cm³/mol. The van der Waals surface area contributed by atoms with Crippen molar-refractivity contribution in [2.75, 3.05) is 0 Å². The first-order valence-electron chi connectivity index (χ1n) is 5.31. The molecule has 0 fully saturated rings. The van der Waals surface area contributed by atoms with Gasteiger partial charge in [0.2, 0.25) is 0 Å². The summed E-state index contributed by atoms with van der Waals surface area (Å²) in [6, 6.07) is 6.46. The first-order valence-corrected chi connectivity index (χ1v) is 5.31. The highest BCUT2D eigenvalue weighted by Gasteiger charge is 2.15. The molecule has 0 aliphatic carbocycles. The molecule has 92 valence electrons. The number of nitrogens with two attached hydrogens (primary N) is 1. The monoisotopic (exact) mass is 237 g/mol. The molecule has 17 heavy (non-hydrogen) atoms. The fraction of sp³-hybridized carbons (Fsp3) is 0.333. The van der Waals surface area contributed by atoms with Crippen LogP contribution in [0.25, 0.3) is 0 Å². The van der Waals surface area contributed by atoms with Gasteiger partial charge in [0.05, 0.1) is 12.0 Å². The van der Waals surface area contributed by atoms with Crippen molar-refractivity contribution in [3.8, 4) is 0 Å². The molecule has 0 aliphatic heterocycles. The number of carbonyl (C=O) groups excluding carboxylic acids is 1. The summed E-state index contributed by atoms with van der Waals surface area (Å²) < 4.78 is 0. The second-order valence-electron chi connectivity index (χ2n) is 3.73. The molecular formula is C12H15NO4. The van der Waals surface area contributed by atoms with Crippen LogP contribution in [0, 0.1) is 0 Å². The van der Waals surface area contributed by atoms with Crippen LogP contribution in [0.1, 0.15) is 41.6 Å².